The predicted octanol–water partition coefficient (Wildman–Crippen LogP) is 4.70. The summed E-state index contributed by atoms with van der Waals surface area (Å²) >= 11 is 6.76. The number of rotatable bonds is 6. The molecule has 0 bridgehead atoms. The van der Waals surface area contributed by atoms with Crippen molar-refractivity contribution in [2.45, 2.75) is 6.42 Å². The summed E-state index contributed by atoms with van der Waals surface area (Å²) in [5, 5.41) is 0.985. The molecule has 4 rings (SSSR count). The fraction of sp³-hybridized carbons (Fsp3) is 0.174. The summed E-state index contributed by atoms with van der Waals surface area (Å²) in [5.74, 6) is 1.53. The molecule has 0 N–H and O–H groups in total. The summed E-state index contributed by atoms with van der Waals surface area (Å²) in [7, 11) is 3.28. The minimum Gasteiger partial charge on any atom is -0.497 e. The van der Waals surface area contributed by atoms with Crippen molar-refractivity contribution < 1.29 is 14.3 Å². The Labute approximate surface area is 184 Å². The molecule has 1 amide bonds. The van der Waals surface area contributed by atoms with Gasteiger partial charge < -0.3 is 9.47 Å². The third kappa shape index (κ3) is 4.32. The number of carbonyl (C=O) groups excluding carboxylic acids is 1. The number of nitrogens with zero attached hydrogens (tertiary/aromatic N) is 2. The minimum absolute atomic E-state index is 0.0739. The number of ether oxygens (including phenoxy) is 2. The molecule has 0 aliphatic carbocycles. The molecule has 1 aliphatic heterocycles. The van der Waals surface area contributed by atoms with Crippen molar-refractivity contribution in [2.75, 3.05) is 20.8 Å². The zero-order chi connectivity index (χ0) is 21.1. The van der Waals surface area contributed by atoms with Crippen LogP contribution < -0.4 is 9.47 Å². The normalized spacial score (nSPS) is 15.3. The topological polar surface area (TPSA) is 51.7 Å². The summed E-state index contributed by atoms with van der Waals surface area (Å²) in [6.45, 7) is 0.541. The van der Waals surface area contributed by atoms with Gasteiger partial charge in [0.1, 0.15) is 15.8 Å². The van der Waals surface area contributed by atoms with Gasteiger partial charge in [0, 0.05) is 11.9 Å². The van der Waals surface area contributed by atoms with E-state index >= 15 is 0 Å². The van der Waals surface area contributed by atoms with Gasteiger partial charge in [-0.1, -0.05) is 42.2 Å². The van der Waals surface area contributed by atoms with E-state index in [-0.39, 0.29) is 5.91 Å². The van der Waals surface area contributed by atoms with Crippen LogP contribution in [0, 0.1) is 0 Å². The van der Waals surface area contributed by atoms with Crippen molar-refractivity contribution in [3.63, 3.8) is 0 Å². The molecule has 0 unspecified atom stereocenters. The van der Waals surface area contributed by atoms with Crippen LogP contribution in [0.3, 0.4) is 0 Å². The third-order valence-corrected chi connectivity index (χ3v) is 6.23. The van der Waals surface area contributed by atoms with Crippen molar-refractivity contribution >= 4 is 51.2 Å². The average Bonchev–Trinajstić information content (AvgIpc) is 3.04. The van der Waals surface area contributed by atoms with E-state index in [2.05, 4.69) is 4.98 Å². The zero-order valence-corrected chi connectivity index (χ0v) is 18.3. The maximum absolute atomic E-state index is 12.9. The van der Waals surface area contributed by atoms with E-state index in [1.807, 2.05) is 54.6 Å². The van der Waals surface area contributed by atoms with Crippen LogP contribution in [0.2, 0.25) is 0 Å². The van der Waals surface area contributed by atoms with Gasteiger partial charge in [-0.15, -0.1) is 0 Å². The lowest BCUT2D eigenvalue weighted by molar-refractivity contribution is -0.122. The van der Waals surface area contributed by atoms with Gasteiger partial charge in [-0.2, -0.15) is 0 Å². The number of pyridine rings is 1. The first-order valence-electron chi connectivity index (χ1n) is 9.40. The number of hydrogen-bond acceptors (Lipinski definition) is 6. The summed E-state index contributed by atoms with van der Waals surface area (Å²) in [4.78, 5) is 19.8. The van der Waals surface area contributed by atoms with Crippen LogP contribution in [0.15, 0.2) is 59.5 Å². The van der Waals surface area contributed by atoms with Gasteiger partial charge in [0.15, 0.2) is 0 Å². The molecule has 1 aromatic heterocycles. The lowest BCUT2D eigenvalue weighted by Crippen LogP contribution is -2.30. The number of fused-ring (bicyclic) bond motifs is 1. The van der Waals surface area contributed by atoms with Crippen molar-refractivity contribution in [3.8, 4) is 11.5 Å². The lowest BCUT2D eigenvalue weighted by Gasteiger charge is -2.14. The van der Waals surface area contributed by atoms with Crippen LogP contribution in [0.5, 0.6) is 11.5 Å². The number of carbonyl (C=O) groups is 1. The maximum atomic E-state index is 12.9. The molecular formula is C23H20N2O3S2. The number of aromatic nitrogens is 1. The van der Waals surface area contributed by atoms with Gasteiger partial charge in [-0.05, 0) is 54.5 Å². The molecule has 1 saturated heterocycles. The highest BCUT2D eigenvalue weighted by molar-refractivity contribution is 8.26. The highest BCUT2D eigenvalue weighted by Crippen LogP contribution is 2.33. The molecule has 0 spiro atoms. The van der Waals surface area contributed by atoms with Crippen LogP contribution in [0.4, 0.5) is 0 Å². The Morgan fingerprint density at radius 2 is 1.77 bits per heavy atom. The largest absolute Gasteiger partial charge is 0.497 e. The van der Waals surface area contributed by atoms with Gasteiger partial charge in [-0.3, -0.25) is 9.69 Å². The number of thiocarbonyl (C=S) groups is 1. The second-order valence-corrected chi connectivity index (χ2v) is 8.40. The monoisotopic (exact) mass is 436 g/mol. The Morgan fingerprint density at radius 3 is 2.50 bits per heavy atom. The van der Waals surface area contributed by atoms with Crippen molar-refractivity contribution in [2.24, 2.45) is 0 Å². The summed E-state index contributed by atoms with van der Waals surface area (Å²) in [6.07, 6.45) is 2.52. The molecule has 30 heavy (non-hydrogen) atoms. The summed E-state index contributed by atoms with van der Waals surface area (Å²) in [6, 6.07) is 17.4. The second-order valence-electron chi connectivity index (χ2n) is 6.73. The first-order valence-corrected chi connectivity index (χ1v) is 10.6. The molecule has 0 radical (unpaired) electrons. The van der Waals surface area contributed by atoms with Gasteiger partial charge in [-0.25, -0.2) is 4.98 Å². The molecule has 5 nitrogen and oxygen atoms in total. The molecule has 7 heteroatoms. The molecule has 0 saturated carbocycles. The Balaban J connectivity index is 1.48. The second kappa shape index (κ2) is 8.85. The van der Waals surface area contributed by atoms with E-state index < -0.39 is 0 Å². The Kier molecular flexibility index (Phi) is 6.01. The van der Waals surface area contributed by atoms with E-state index in [1.54, 1.807) is 25.2 Å². The molecular weight excluding hydrogens is 416 g/mol. The maximum Gasteiger partial charge on any atom is 0.266 e. The molecule has 1 fully saturated rings. The number of thioether (sulfide) groups is 1. The first-order chi connectivity index (χ1) is 14.6. The zero-order valence-electron chi connectivity index (χ0n) is 16.6. The highest BCUT2D eigenvalue weighted by atomic mass is 32.2. The van der Waals surface area contributed by atoms with Gasteiger partial charge in [0.25, 0.3) is 5.91 Å². The fourth-order valence-electron chi connectivity index (χ4n) is 3.19. The van der Waals surface area contributed by atoms with Crippen LogP contribution in [-0.2, 0) is 11.2 Å². The van der Waals surface area contributed by atoms with E-state index in [0.717, 1.165) is 40.1 Å². The standard InChI is InChI=1S/C23H20N2O3S2/c1-27-18-7-3-15(4-8-18)11-12-25-22(26)21(30-23(25)29)14-17-6-5-16-13-19(28-2)9-10-20(16)24-17/h3-10,13-14H,11-12H2,1-2H3/b21-14-. The number of amides is 1. The van der Waals surface area contributed by atoms with Crippen LogP contribution >= 0.6 is 24.0 Å². The third-order valence-electron chi connectivity index (χ3n) is 4.85. The van der Waals surface area contributed by atoms with Gasteiger partial charge in [0.2, 0.25) is 0 Å². The number of hydrogen-bond donors (Lipinski definition) is 0. The van der Waals surface area contributed by atoms with Crippen LogP contribution in [0.25, 0.3) is 17.0 Å². The lowest BCUT2D eigenvalue weighted by atomic mass is 10.1. The SMILES string of the molecule is COc1ccc(CCN2C(=O)/C(=C/c3ccc4cc(OC)ccc4n3)SC2=S)cc1. The molecule has 0 atom stereocenters. The quantitative estimate of drug-likeness (QED) is 0.413. The molecule has 3 aromatic rings. The Hall–Kier alpha value is -2.90. The first kappa shape index (κ1) is 20.4. The fourth-order valence-corrected chi connectivity index (χ4v) is 4.48. The highest BCUT2D eigenvalue weighted by Gasteiger charge is 2.31. The minimum atomic E-state index is -0.0739. The van der Waals surface area contributed by atoms with Gasteiger partial charge >= 0.3 is 0 Å². The van der Waals surface area contributed by atoms with E-state index in [1.165, 1.54) is 11.8 Å². The Morgan fingerprint density at radius 1 is 1.03 bits per heavy atom. The van der Waals surface area contributed by atoms with Crippen molar-refractivity contribution in [3.05, 3.63) is 70.8 Å². The van der Waals surface area contributed by atoms with E-state index in [9.17, 15) is 4.79 Å². The van der Waals surface area contributed by atoms with Crippen LogP contribution in [-0.4, -0.2) is 40.9 Å². The van der Waals surface area contributed by atoms with Crippen molar-refractivity contribution in [1.29, 1.82) is 0 Å². The molecule has 1 aliphatic rings. The number of benzene rings is 2. The molecule has 2 aromatic carbocycles. The average molecular weight is 437 g/mol. The van der Waals surface area contributed by atoms with Gasteiger partial charge in [0.05, 0.1) is 30.3 Å². The summed E-state index contributed by atoms with van der Waals surface area (Å²) < 4.78 is 11.0. The number of methoxy groups -OCH3 is 2. The van der Waals surface area contributed by atoms with Crippen LogP contribution in [0.1, 0.15) is 11.3 Å². The Bertz CT molecular complexity index is 1140. The smallest absolute Gasteiger partial charge is 0.266 e. The molecule has 2 heterocycles. The molecule has 152 valence electrons. The van der Waals surface area contributed by atoms with E-state index in [0.29, 0.717) is 15.8 Å². The predicted molar refractivity (Wildman–Crippen MR) is 125 cm³/mol. The van der Waals surface area contributed by atoms with E-state index in [4.69, 9.17) is 21.7 Å². The summed E-state index contributed by atoms with van der Waals surface area (Å²) in [5.41, 5.74) is 2.70. The van der Waals surface area contributed by atoms with Crippen molar-refractivity contribution in [1.82, 2.24) is 9.88 Å².